The lowest BCUT2D eigenvalue weighted by Crippen LogP contribution is -2.25. The number of hydrogen-bond acceptors (Lipinski definition) is 5. The Morgan fingerprint density at radius 1 is 1.04 bits per heavy atom. The molecule has 6 heteroatoms. The molecule has 3 aromatic rings. The number of fused-ring (bicyclic) bond motifs is 1. The highest BCUT2D eigenvalue weighted by Crippen LogP contribution is 2.25. The fourth-order valence-corrected chi connectivity index (χ4v) is 2.50. The zero-order valence-electron chi connectivity index (χ0n) is 14.9. The molecule has 0 aliphatic carbocycles. The number of aromatic nitrogens is 1. The number of ketones is 2. The van der Waals surface area contributed by atoms with Crippen LogP contribution >= 0.6 is 0 Å². The standard InChI is InChI=1S/C21H18FNO4/c1-13(24)11-20(25)14(2)26-17-5-7-18(8-6-17)27-21-10-3-15-12-16(22)4-9-19(15)23-21/h3-10,12,14H,11H2,1-2H3. The van der Waals surface area contributed by atoms with Crippen molar-refractivity contribution in [2.24, 2.45) is 0 Å². The summed E-state index contributed by atoms with van der Waals surface area (Å²) in [6.07, 6.45) is -0.844. The fraction of sp³-hybridized carbons (Fsp3) is 0.190. The fourth-order valence-electron chi connectivity index (χ4n) is 2.50. The quantitative estimate of drug-likeness (QED) is 0.576. The van der Waals surface area contributed by atoms with Gasteiger partial charge in [0.05, 0.1) is 11.9 Å². The molecule has 0 N–H and O–H groups in total. The van der Waals surface area contributed by atoms with Gasteiger partial charge in [0.15, 0.2) is 11.9 Å². The molecule has 1 atom stereocenters. The number of hydrogen-bond donors (Lipinski definition) is 0. The maximum atomic E-state index is 13.2. The van der Waals surface area contributed by atoms with E-state index in [1.54, 1.807) is 49.4 Å². The van der Waals surface area contributed by atoms with Gasteiger partial charge >= 0.3 is 0 Å². The molecule has 5 nitrogen and oxygen atoms in total. The Morgan fingerprint density at radius 3 is 2.44 bits per heavy atom. The summed E-state index contributed by atoms with van der Waals surface area (Å²) >= 11 is 0. The second-order valence-corrected chi connectivity index (χ2v) is 6.17. The molecule has 0 fully saturated rings. The number of pyridine rings is 1. The summed E-state index contributed by atoms with van der Waals surface area (Å²) in [5.41, 5.74) is 0.631. The van der Waals surface area contributed by atoms with Crippen LogP contribution in [0.25, 0.3) is 10.9 Å². The largest absolute Gasteiger partial charge is 0.483 e. The monoisotopic (exact) mass is 367 g/mol. The van der Waals surface area contributed by atoms with Crippen LogP contribution in [0.4, 0.5) is 4.39 Å². The lowest BCUT2D eigenvalue weighted by atomic mass is 10.1. The van der Waals surface area contributed by atoms with E-state index < -0.39 is 6.10 Å². The third-order valence-corrected chi connectivity index (χ3v) is 3.86. The molecular weight excluding hydrogens is 349 g/mol. The van der Waals surface area contributed by atoms with Crippen LogP contribution in [0.2, 0.25) is 0 Å². The van der Waals surface area contributed by atoms with Crippen molar-refractivity contribution in [3.8, 4) is 17.4 Å². The van der Waals surface area contributed by atoms with Gasteiger partial charge in [-0.25, -0.2) is 9.37 Å². The van der Waals surface area contributed by atoms with Crippen molar-refractivity contribution < 1.29 is 23.5 Å². The van der Waals surface area contributed by atoms with Gasteiger partial charge < -0.3 is 9.47 Å². The van der Waals surface area contributed by atoms with Gasteiger partial charge in [0.2, 0.25) is 5.88 Å². The molecule has 0 aliphatic heterocycles. The first-order valence-electron chi connectivity index (χ1n) is 8.44. The van der Waals surface area contributed by atoms with E-state index in [4.69, 9.17) is 9.47 Å². The van der Waals surface area contributed by atoms with Crippen LogP contribution in [-0.2, 0) is 9.59 Å². The highest BCUT2D eigenvalue weighted by atomic mass is 19.1. The molecule has 0 bridgehead atoms. The molecule has 0 radical (unpaired) electrons. The highest BCUT2D eigenvalue weighted by molar-refractivity contribution is 6.00. The molecule has 0 saturated heterocycles. The van der Waals surface area contributed by atoms with Crippen molar-refractivity contribution in [3.63, 3.8) is 0 Å². The van der Waals surface area contributed by atoms with Gasteiger partial charge in [0, 0.05) is 11.5 Å². The lowest BCUT2D eigenvalue weighted by molar-refractivity contribution is -0.130. The average Bonchev–Trinajstić information content (AvgIpc) is 2.63. The van der Waals surface area contributed by atoms with Crippen LogP contribution in [0.5, 0.6) is 17.4 Å². The van der Waals surface area contributed by atoms with Gasteiger partial charge in [-0.3, -0.25) is 9.59 Å². The van der Waals surface area contributed by atoms with Crippen molar-refractivity contribution in [3.05, 3.63) is 60.4 Å². The molecule has 27 heavy (non-hydrogen) atoms. The Labute approximate surface area is 155 Å². The predicted molar refractivity (Wildman–Crippen MR) is 98.6 cm³/mol. The van der Waals surface area contributed by atoms with Crippen LogP contribution in [0, 0.1) is 5.82 Å². The van der Waals surface area contributed by atoms with E-state index in [9.17, 15) is 14.0 Å². The molecule has 1 unspecified atom stereocenters. The van der Waals surface area contributed by atoms with Gasteiger partial charge in [-0.1, -0.05) is 0 Å². The number of carbonyl (C=O) groups excluding carboxylic acids is 2. The van der Waals surface area contributed by atoms with Gasteiger partial charge in [0.25, 0.3) is 0 Å². The summed E-state index contributed by atoms with van der Waals surface area (Å²) in [5.74, 6) is 0.648. The molecule has 138 valence electrons. The summed E-state index contributed by atoms with van der Waals surface area (Å²) in [7, 11) is 0. The van der Waals surface area contributed by atoms with E-state index in [-0.39, 0.29) is 23.8 Å². The Bertz CT molecular complexity index is 985. The summed E-state index contributed by atoms with van der Waals surface area (Å²) < 4.78 is 24.5. The van der Waals surface area contributed by atoms with E-state index in [1.807, 2.05) is 0 Å². The van der Waals surface area contributed by atoms with Crippen LogP contribution in [0.1, 0.15) is 20.3 Å². The van der Waals surface area contributed by atoms with Crippen molar-refractivity contribution in [2.75, 3.05) is 0 Å². The Hall–Kier alpha value is -3.28. The Balaban J connectivity index is 1.66. The minimum absolute atomic E-state index is 0.139. The highest BCUT2D eigenvalue weighted by Gasteiger charge is 2.16. The topological polar surface area (TPSA) is 65.5 Å². The summed E-state index contributed by atoms with van der Waals surface area (Å²) in [6.45, 7) is 2.98. The van der Waals surface area contributed by atoms with Crippen molar-refractivity contribution >= 4 is 22.5 Å². The molecule has 0 spiro atoms. The third-order valence-electron chi connectivity index (χ3n) is 3.86. The zero-order valence-corrected chi connectivity index (χ0v) is 14.9. The van der Waals surface area contributed by atoms with E-state index in [2.05, 4.69) is 4.98 Å². The van der Waals surface area contributed by atoms with Crippen LogP contribution < -0.4 is 9.47 Å². The van der Waals surface area contributed by atoms with Gasteiger partial charge in [-0.15, -0.1) is 0 Å². The first-order chi connectivity index (χ1) is 12.9. The average molecular weight is 367 g/mol. The molecule has 0 amide bonds. The van der Waals surface area contributed by atoms with Crippen LogP contribution in [0.15, 0.2) is 54.6 Å². The van der Waals surface area contributed by atoms with E-state index in [0.29, 0.717) is 28.3 Å². The minimum atomic E-state index is -0.705. The lowest BCUT2D eigenvalue weighted by Gasteiger charge is -2.13. The van der Waals surface area contributed by atoms with Crippen LogP contribution in [-0.4, -0.2) is 22.7 Å². The summed E-state index contributed by atoms with van der Waals surface area (Å²) in [5, 5.41) is 0.690. The number of nitrogens with zero attached hydrogens (tertiary/aromatic N) is 1. The maximum Gasteiger partial charge on any atom is 0.219 e. The molecule has 1 aromatic heterocycles. The van der Waals surface area contributed by atoms with Gasteiger partial charge in [0.1, 0.15) is 23.1 Å². The van der Waals surface area contributed by atoms with E-state index in [0.717, 1.165) is 0 Å². The Kier molecular flexibility index (Phi) is 5.45. The molecule has 1 heterocycles. The number of ether oxygens (including phenoxy) is 2. The second-order valence-electron chi connectivity index (χ2n) is 6.17. The van der Waals surface area contributed by atoms with Crippen LogP contribution in [0.3, 0.4) is 0 Å². The number of rotatable bonds is 7. The Morgan fingerprint density at radius 2 is 1.74 bits per heavy atom. The predicted octanol–water partition coefficient (Wildman–Crippen LogP) is 4.48. The van der Waals surface area contributed by atoms with E-state index >= 15 is 0 Å². The number of carbonyl (C=O) groups is 2. The number of benzene rings is 2. The zero-order chi connectivity index (χ0) is 19.4. The first kappa shape index (κ1) is 18.5. The SMILES string of the molecule is CC(=O)CC(=O)C(C)Oc1ccc(Oc2ccc3cc(F)ccc3n2)cc1. The molecule has 0 aliphatic rings. The first-order valence-corrected chi connectivity index (χ1v) is 8.44. The third kappa shape index (κ3) is 4.88. The number of halogens is 1. The maximum absolute atomic E-state index is 13.2. The molecule has 0 saturated carbocycles. The van der Waals surface area contributed by atoms with Crippen molar-refractivity contribution in [2.45, 2.75) is 26.4 Å². The van der Waals surface area contributed by atoms with E-state index in [1.165, 1.54) is 19.1 Å². The van der Waals surface area contributed by atoms with Gasteiger partial charge in [-0.05, 0) is 62.4 Å². The minimum Gasteiger partial charge on any atom is -0.483 e. The van der Waals surface area contributed by atoms with Gasteiger partial charge in [-0.2, -0.15) is 0 Å². The summed E-state index contributed by atoms with van der Waals surface area (Å²) in [6, 6.07) is 14.5. The molecule has 3 rings (SSSR count). The normalized spacial score (nSPS) is 11.8. The van der Waals surface area contributed by atoms with Crippen molar-refractivity contribution in [1.29, 1.82) is 0 Å². The van der Waals surface area contributed by atoms with Crippen molar-refractivity contribution in [1.82, 2.24) is 4.98 Å². The molecule has 2 aromatic carbocycles. The second kappa shape index (κ2) is 7.95. The smallest absolute Gasteiger partial charge is 0.219 e. The summed E-state index contributed by atoms with van der Waals surface area (Å²) in [4.78, 5) is 27.1. The molecular formula is C21H18FNO4. The number of Topliss-reactive ketones (excluding diaryl/α,β-unsaturated/α-hetero) is 2.